The summed E-state index contributed by atoms with van der Waals surface area (Å²) in [7, 11) is -1.57. The molecule has 0 radical (unpaired) electrons. The van der Waals surface area contributed by atoms with E-state index in [0.29, 0.717) is 18.2 Å². The molecule has 0 amide bonds. The third-order valence-electron chi connectivity index (χ3n) is 3.42. The van der Waals surface area contributed by atoms with Gasteiger partial charge >= 0.3 is 0 Å². The molecule has 118 valence electrons. The molecule has 1 aliphatic heterocycles. The zero-order valence-electron chi connectivity index (χ0n) is 12.4. The molecule has 1 aromatic heterocycles. The van der Waals surface area contributed by atoms with Crippen LogP contribution in [0.3, 0.4) is 0 Å². The quantitative estimate of drug-likeness (QED) is 0.835. The molecule has 1 aliphatic rings. The lowest BCUT2D eigenvalue weighted by Gasteiger charge is -2.32. The maximum Gasteiger partial charge on any atom is 0.228 e. The number of piperidine rings is 1. The number of methoxy groups -OCH3 is 1. The van der Waals surface area contributed by atoms with Gasteiger partial charge in [-0.2, -0.15) is 4.98 Å². The molecule has 0 saturated carbocycles. The number of anilines is 1. The maximum atomic E-state index is 11.8. The van der Waals surface area contributed by atoms with Crippen LogP contribution in [-0.4, -0.2) is 50.4 Å². The molecule has 1 fully saturated rings. The van der Waals surface area contributed by atoms with Gasteiger partial charge in [0.05, 0.1) is 12.9 Å². The third-order valence-corrected chi connectivity index (χ3v) is 5.06. The highest BCUT2D eigenvalue weighted by molar-refractivity contribution is 7.89. The van der Waals surface area contributed by atoms with Gasteiger partial charge in [-0.15, -0.1) is 0 Å². The van der Waals surface area contributed by atoms with E-state index in [4.69, 9.17) is 4.74 Å². The summed E-state index contributed by atoms with van der Waals surface area (Å²) in [6.07, 6.45) is 3.80. The van der Waals surface area contributed by atoms with E-state index in [2.05, 4.69) is 14.7 Å². The van der Waals surface area contributed by atoms with Crippen molar-refractivity contribution < 1.29 is 13.2 Å². The number of nitrogens with zero attached hydrogens (tertiary/aromatic N) is 3. The van der Waals surface area contributed by atoms with E-state index in [1.165, 1.54) is 0 Å². The minimum atomic E-state index is -3.14. The van der Waals surface area contributed by atoms with Gasteiger partial charge in [0.2, 0.25) is 21.9 Å². The van der Waals surface area contributed by atoms with E-state index < -0.39 is 10.0 Å². The molecule has 21 heavy (non-hydrogen) atoms. The maximum absolute atomic E-state index is 11.8. The van der Waals surface area contributed by atoms with Gasteiger partial charge in [0, 0.05) is 31.4 Å². The van der Waals surface area contributed by atoms with Gasteiger partial charge in [0.1, 0.15) is 0 Å². The number of hydrogen-bond acceptors (Lipinski definition) is 6. The van der Waals surface area contributed by atoms with Gasteiger partial charge in [-0.3, -0.25) is 0 Å². The van der Waals surface area contributed by atoms with Crippen molar-refractivity contribution in [2.24, 2.45) is 0 Å². The molecule has 0 spiro atoms. The van der Waals surface area contributed by atoms with Crippen molar-refractivity contribution in [3.8, 4) is 5.88 Å². The van der Waals surface area contributed by atoms with Crippen molar-refractivity contribution in [3.05, 3.63) is 12.3 Å². The Morgan fingerprint density at radius 2 is 2.14 bits per heavy atom. The third kappa shape index (κ3) is 4.53. The summed E-state index contributed by atoms with van der Waals surface area (Å²) in [5.74, 6) is 1.35. The fraction of sp³-hybridized carbons (Fsp3) is 0.692. The van der Waals surface area contributed by atoms with Crippen LogP contribution >= 0.6 is 0 Å². The van der Waals surface area contributed by atoms with Gasteiger partial charge in [0.25, 0.3) is 0 Å². The van der Waals surface area contributed by atoms with Gasteiger partial charge in [-0.05, 0) is 19.3 Å². The molecule has 7 nitrogen and oxygen atoms in total. The molecular weight excluding hydrogens is 292 g/mol. The van der Waals surface area contributed by atoms with E-state index in [1.807, 2.05) is 11.8 Å². The van der Waals surface area contributed by atoms with E-state index in [1.54, 1.807) is 19.4 Å². The Hall–Kier alpha value is -1.41. The smallest absolute Gasteiger partial charge is 0.228 e. The first kappa shape index (κ1) is 16.0. The Bertz CT molecular complexity index is 556. The Labute approximate surface area is 125 Å². The summed E-state index contributed by atoms with van der Waals surface area (Å²) >= 11 is 0. The number of rotatable bonds is 6. The first-order valence-corrected chi connectivity index (χ1v) is 8.81. The Balaban J connectivity index is 1.91. The van der Waals surface area contributed by atoms with Crippen LogP contribution in [0.4, 0.5) is 5.95 Å². The van der Waals surface area contributed by atoms with Crippen molar-refractivity contribution in [1.29, 1.82) is 0 Å². The second-order valence-electron chi connectivity index (χ2n) is 5.10. The molecule has 2 rings (SSSR count). The Morgan fingerprint density at radius 3 is 2.76 bits per heavy atom. The van der Waals surface area contributed by atoms with Crippen LogP contribution in [0.1, 0.15) is 26.2 Å². The zero-order valence-corrected chi connectivity index (χ0v) is 13.3. The van der Waals surface area contributed by atoms with Gasteiger partial charge in [0.15, 0.2) is 0 Å². The molecule has 1 N–H and O–H groups in total. The van der Waals surface area contributed by atoms with E-state index >= 15 is 0 Å². The predicted octanol–water partition coefficient (Wildman–Crippen LogP) is 0.783. The number of hydrogen-bond donors (Lipinski definition) is 1. The summed E-state index contributed by atoms with van der Waals surface area (Å²) in [5.41, 5.74) is 0. The summed E-state index contributed by atoms with van der Waals surface area (Å²) < 4.78 is 31.4. The molecule has 0 aromatic carbocycles. The van der Waals surface area contributed by atoms with Gasteiger partial charge in [-0.1, -0.05) is 6.92 Å². The van der Waals surface area contributed by atoms with Gasteiger partial charge < -0.3 is 9.64 Å². The second-order valence-corrected chi connectivity index (χ2v) is 6.97. The minimum absolute atomic E-state index is 0.00316. The fourth-order valence-electron chi connectivity index (χ4n) is 2.38. The number of aromatic nitrogens is 2. The lowest BCUT2D eigenvalue weighted by Crippen LogP contribution is -2.45. The van der Waals surface area contributed by atoms with Crippen molar-refractivity contribution >= 4 is 16.0 Å². The summed E-state index contributed by atoms with van der Waals surface area (Å²) in [6.45, 7) is 3.32. The minimum Gasteiger partial charge on any atom is -0.481 e. The summed E-state index contributed by atoms with van der Waals surface area (Å²) in [5, 5.41) is 0. The standard InChI is InChI=1S/C13H22N4O3S/c1-3-10-21(18,19)16-11-5-8-17(9-6-11)13-14-7-4-12(15-13)20-2/h4,7,11,16H,3,5-6,8-10H2,1-2H3. The highest BCUT2D eigenvalue weighted by Gasteiger charge is 2.24. The van der Waals surface area contributed by atoms with Crippen molar-refractivity contribution in [2.45, 2.75) is 32.2 Å². The van der Waals surface area contributed by atoms with Crippen LogP contribution < -0.4 is 14.4 Å². The Morgan fingerprint density at radius 1 is 1.43 bits per heavy atom. The summed E-state index contributed by atoms with van der Waals surface area (Å²) in [4.78, 5) is 10.6. The number of ether oxygens (including phenoxy) is 1. The monoisotopic (exact) mass is 314 g/mol. The summed E-state index contributed by atoms with van der Waals surface area (Å²) in [6, 6.07) is 1.71. The number of sulfonamides is 1. The molecule has 1 aromatic rings. The number of nitrogens with one attached hydrogen (secondary N) is 1. The van der Waals surface area contributed by atoms with Crippen molar-refractivity contribution in [1.82, 2.24) is 14.7 Å². The predicted molar refractivity (Wildman–Crippen MR) is 81.0 cm³/mol. The van der Waals surface area contributed by atoms with Crippen molar-refractivity contribution in [2.75, 3.05) is 30.9 Å². The molecule has 2 heterocycles. The van der Waals surface area contributed by atoms with Crippen LogP contribution in [0.5, 0.6) is 5.88 Å². The highest BCUT2D eigenvalue weighted by Crippen LogP contribution is 2.18. The van der Waals surface area contributed by atoms with Crippen LogP contribution in [-0.2, 0) is 10.0 Å². The molecule has 0 bridgehead atoms. The van der Waals surface area contributed by atoms with E-state index in [0.717, 1.165) is 25.9 Å². The molecular formula is C13H22N4O3S. The second kappa shape index (κ2) is 7.04. The molecule has 8 heteroatoms. The molecule has 0 aliphatic carbocycles. The average Bonchev–Trinajstić information content (AvgIpc) is 2.47. The van der Waals surface area contributed by atoms with Crippen molar-refractivity contribution in [3.63, 3.8) is 0 Å². The topological polar surface area (TPSA) is 84.4 Å². The SMILES string of the molecule is CCCS(=O)(=O)NC1CCN(c2nccc(OC)n2)CC1. The lowest BCUT2D eigenvalue weighted by atomic mass is 10.1. The van der Waals surface area contributed by atoms with Crippen LogP contribution in [0, 0.1) is 0 Å². The van der Waals surface area contributed by atoms with Crippen LogP contribution in [0.2, 0.25) is 0 Å². The van der Waals surface area contributed by atoms with E-state index in [9.17, 15) is 8.42 Å². The molecule has 0 unspecified atom stereocenters. The largest absolute Gasteiger partial charge is 0.481 e. The molecule has 1 saturated heterocycles. The van der Waals surface area contributed by atoms with Gasteiger partial charge in [-0.25, -0.2) is 18.1 Å². The van der Waals surface area contributed by atoms with Crippen LogP contribution in [0.25, 0.3) is 0 Å². The molecule has 0 atom stereocenters. The van der Waals surface area contributed by atoms with Crippen LogP contribution in [0.15, 0.2) is 12.3 Å². The first-order chi connectivity index (χ1) is 10.0. The fourth-order valence-corrected chi connectivity index (χ4v) is 3.78. The van der Waals surface area contributed by atoms with E-state index in [-0.39, 0.29) is 11.8 Å². The lowest BCUT2D eigenvalue weighted by molar-refractivity contribution is 0.395. The normalized spacial score (nSPS) is 17.0. The highest BCUT2D eigenvalue weighted by atomic mass is 32.2. The zero-order chi connectivity index (χ0) is 15.3. The first-order valence-electron chi connectivity index (χ1n) is 7.16. The average molecular weight is 314 g/mol. The Kier molecular flexibility index (Phi) is 5.35.